The molecule has 0 saturated carbocycles. The number of imidazole rings is 1. The Morgan fingerprint density at radius 3 is 2.71 bits per heavy atom. The third-order valence-electron chi connectivity index (χ3n) is 2.32. The molecule has 4 nitrogen and oxygen atoms in total. The van der Waals surface area contributed by atoms with Crippen LogP contribution in [0.4, 0.5) is 5.69 Å². The fourth-order valence-electron chi connectivity index (χ4n) is 1.48. The monoisotopic (exact) mass is 269 g/mol. The van der Waals surface area contributed by atoms with Crippen LogP contribution in [0.25, 0.3) is 0 Å². The molecular weight excluding hydrogens is 261 g/mol. The Morgan fingerprint density at radius 2 is 2.12 bits per heavy atom. The van der Waals surface area contributed by atoms with Crippen molar-refractivity contribution in [2.45, 2.75) is 0 Å². The van der Waals surface area contributed by atoms with Crippen LogP contribution < -0.4 is 5.73 Å². The summed E-state index contributed by atoms with van der Waals surface area (Å²) in [6, 6.07) is 2.99. The van der Waals surface area contributed by atoms with Crippen molar-refractivity contribution in [3.05, 3.63) is 46.0 Å². The number of benzene rings is 1. The second-order valence-electron chi connectivity index (χ2n) is 3.56. The molecule has 0 radical (unpaired) electrons. The molecule has 88 valence electrons. The summed E-state index contributed by atoms with van der Waals surface area (Å²) >= 11 is 11.9. The van der Waals surface area contributed by atoms with E-state index in [2.05, 4.69) is 4.98 Å². The molecule has 17 heavy (non-hydrogen) atoms. The Hall–Kier alpha value is -1.52. The zero-order chi connectivity index (χ0) is 12.6. The number of nitrogen functional groups attached to an aromatic ring is 1. The van der Waals surface area contributed by atoms with Gasteiger partial charge in [0.05, 0.1) is 10.0 Å². The van der Waals surface area contributed by atoms with Gasteiger partial charge < -0.3 is 10.3 Å². The van der Waals surface area contributed by atoms with Crippen LogP contribution in [0.15, 0.2) is 24.5 Å². The molecule has 2 N–H and O–H groups in total. The first-order valence-electron chi connectivity index (χ1n) is 4.77. The fraction of sp³-hybridized carbons (Fsp3) is 0.0909. The number of halogens is 2. The highest BCUT2D eigenvalue weighted by Crippen LogP contribution is 2.29. The van der Waals surface area contributed by atoms with Gasteiger partial charge in [-0.2, -0.15) is 0 Å². The van der Waals surface area contributed by atoms with Crippen LogP contribution in [0, 0.1) is 0 Å². The highest BCUT2D eigenvalue weighted by atomic mass is 35.5. The molecule has 0 aliphatic rings. The van der Waals surface area contributed by atoms with E-state index in [0.29, 0.717) is 5.69 Å². The number of aromatic nitrogens is 2. The number of carbonyl (C=O) groups is 1. The van der Waals surface area contributed by atoms with Gasteiger partial charge in [-0.3, -0.25) is 4.79 Å². The number of hydrogen-bond donors (Lipinski definition) is 1. The third kappa shape index (κ3) is 2.14. The number of aryl methyl sites for hydroxylation is 1. The number of carbonyl (C=O) groups excluding carboxylic acids is 1. The van der Waals surface area contributed by atoms with Crippen LogP contribution >= 0.6 is 23.2 Å². The number of nitrogens with zero attached hydrogens (tertiary/aromatic N) is 2. The summed E-state index contributed by atoms with van der Waals surface area (Å²) < 4.78 is 1.61. The van der Waals surface area contributed by atoms with Gasteiger partial charge in [0.15, 0.2) is 5.82 Å². The van der Waals surface area contributed by atoms with Crippen LogP contribution in [0.3, 0.4) is 0 Å². The highest BCUT2D eigenvalue weighted by Gasteiger charge is 2.19. The van der Waals surface area contributed by atoms with E-state index in [1.165, 1.54) is 18.3 Å². The quantitative estimate of drug-likeness (QED) is 0.673. The second-order valence-corrected chi connectivity index (χ2v) is 4.34. The van der Waals surface area contributed by atoms with Crippen LogP contribution in [0.2, 0.25) is 10.0 Å². The first kappa shape index (κ1) is 12.0. The van der Waals surface area contributed by atoms with Crippen molar-refractivity contribution in [1.82, 2.24) is 9.55 Å². The Kier molecular flexibility index (Phi) is 3.09. The lowest BCUT2D eigenvalue weighted by Crippen LogP contribution is -2.10. The Balaban J connectivity index is 2.55. The van der Waals surface area contributed by atoms with Gasteiger partial charge >= 0.3 is 0 Å². The van der Waals surface area contributed by atoms with Gasteiger partial charge in [-0.05, 0) is 12.1 Å². The summed E-state index contributed by atoms with van der Waals surface area (Å²) in [6.07, 6.45) is 3.21. The minimum Gasteiger partial charge on any atom is -0.399 e. The fourth-order valence-corrected chi connectivity index (χ4v) is 1.90. The maximum Gasteiger partial charge on any atom is 0.230 e. The van der Waals surface area contributed by atoms with Crippen molar-refractivity contribution in [3.8, 4) is 0 Å². The lowest BCUT2D eigenvalue weighted by molar-refractivity contribution is 0.102. The van der Waals surface area contributed by atoms with Crippen molar-refractivity contribution in [3.63, 3.8) is 0 Å². The summed E-state index contributed by atoms with van der Waals surface area (Å²) in [5.74, 6) is -0.0229. The molecule has 2 rings (SSSR count). The smallest absolute Gasteiger partial charge is 0.230 e. The van der Waals surface area contributed by atoms with Crippen LogP contribution in [-0.2, 0) is 7.05 Å². The van der Waals surface area contributed by atoms with E-state index in [1.54, 1.807) is 17.8 Å². The van der Waals surface area contributed by atoms with E-state index in [1.807, 2.05) is 0 Å². The molecule has 0 atom stereocenters. The average Bonchev–Trinajstić information content (AvgIpc) is 2.69. The van der Waals surface area contributed by atoms with E-state index in [0.717, 1.165) is 0 Å². The van der Waals surface area contributed by atoms with E-state index in [4.69, 9.17) is 28.9 Å². The van der Waals surface area contributed by atoms with E-state index in [-0.39, 0.29) is 27.2 Å². The minimum absolute atomic E-state index is 0.189. The van der Waals surface area contributed by atoms with Crippen molar-refractivity contribution < 1.29 is 4.79 Å². The molecule has 0 bridgehead atoms. The summed E-state index contributed by atoms with van der Waals surface area (Å²) in [5.41, 5.74) is 6.28. The Labute approximate surface area is 108 Å². The molecule has 0 fully saturated rings. The maximum absolute atomic E-state index is 12.2. The molecule has 0 saturated heterocycles. The van der Waals surface area contributed by atoms with Crippen molar-refractivity contribution in [2.24, 2.45) is 7.05 Å². The van der Waals surface area contributed by atoms with Gasteiger partial charge in [-0.25, -0.2) is 4.98 Å². The summed E-state index contributed by atoms with van der Waals surface area (Å²) in [5, 5.41) is 0.443. The molecule has 2 aromatic rings. The molecule has 1 aromatic carbocycles. The zero-order valence-electron chi connectivity index (χ0n) is 8.95. The third-order valence-corrected chi connectivity index (χ3v) is 3.12. The number of ketones is 1. The maximum atomic E-state index is 12.2. The van der Waals surface area contributed by atoms with Gasteiger partial charge in [0.1, 0.15) is 0 Å². The summed E-state index contributed by atoms with van der Waals surface area (Å²) in [7, 11) is 1.72. The van der Waals surface area contributed by atoms with E-state index < -0.39 is 0 Å². The lowest BCUT2D eigenvalue weighted by Gasteiger charge is -2.06. The molecule has 6 heteroatoms. The average molecular weight is 270 g/mol. The standard InChI is InChI=1S/C11H9Cl2N3O/c1-16-3-2-15-11(16)10(17)7-4-6(14)5-8(12)9(7)13/h2-5H,14H2,1H3. The molecular formula is C11H9Cl2N3O. The van der Waals surface area contributed by atoms with E-state index in [9.17, 15) is 4.79 Å². The summed E-state index contributed by atoms with van der Waals surface area (Å²) in [4.78, 5) is 16.1. The van der Waals surface area contributed by atoms with Crippen molar-refractivity contribution >= 4 is 34.7 Å². The number of rotatable bonds is 2. The van der Waals surface area contributed by atoms with Gasteiger partial charge in [0, 0.05) is 30.7 Å². The molecule has 0 aliphatic carbocycles. The predicted octanol–water partition coefficient (Wildman–Crippen LogP) is 2.54. The zero-order valence-corrected chi connectivity index (χ0v) is 10.5. The van der Waals surface area contributed by atoms with Crippen molar-refractivity contribution in [1.29, 1.82) is 0 Å². The van der Waals surface area contributed by atoms with Gasteiger partial charge in [0.25, 0.3) is 0 Å². The Bertz CT molecular complexity index is 592. The number of anilines is 1. The van der Waals surface area contributed by atoms with E-state index >= 15 is 0 Å². The predicted molar refractivity (Wildman–Crippen MR) is 67.5 cm³/mol. The van der Waals surface area contributed by atoms with Crippen LogP contribution in [-0.4, -0.2) is 15.3 Å². The summed E-state index contributed by atoms with van der Waals surface area (Å²) in [6.45, 7) is 0. The molecule has 0 spiro atoms. The second kappa shape index (κ2) is 4.39. The Morgan fingerprint density at radius 1 is 1.41 bits per heavy atom. The molecule has 0 unspecified atom stereocenters. The first-order chi connectivity index (χ1) is 8.00. The molecule has 0 amide bonds. The topological polar surface area (TPSA) is 60.9 Å². The molecule has 1 aromatic heterocycles. The lowest BCUT2D eigenvalue weighted by atomic mass is 10.1. The normalized spacial score (nSPS) is 10.5. The largest absolute Gasteiger partial charge is 0.399 e. The molecule has 1 heterocycles. The van der Waals surface area contributed by atoms with Crippen LogP contribution in [0.5, 0.6) is 0 Å². The minimum atomic E-state index is -0.309. The number of nitrogens with two attached hydrogens (primary N) is 1. The first-order valence-corrected chi connectivity index (χ1v) is 5.53. The number of hydrogen-bond acceptors (Lipinski definition) is 3. The molecule has 0 aliphatic heterocycles. The highest BCUT2D eigenvalue weighted by molar-refractivity contribution is 6.44. The van der Waals surface area contributed by atoms with Gasteiger partial charge in [-0.15, -0.1) is 0 Å². The van der Waals surface area contributed by atoms with Gasteiger partial charge in [0.2, 0.25) is 5.78 Å². The van der Waals surface area contributed by atoms with Gasteiger partial charge in [-0.1, -0.05) is 23.2 Å². The van der Waals surface area contributed by atoms with Crippen molar-refractivity contribution in [2.75, 3.05) is 5.73 Å². The van der Waals surface area contributed by atoms with Crippen LogP contribution in [0.1, 0.15) is 16.2 Å². The SMILES string of the molecule is Cn1ccnc1C(=O)c1cc(N)cc(Cl)c1Cl.